The van der Waals surface area contributed by atoms with E-state index in [2.05, 4.69) is 10.3 Å². The minimum Gasteiger partial charge on any atom is -0.451 e. The molecule has 0 saturated carbocycles. The fourth-order valence-corrected chi connectivity index (χ4v) is 2.12. The lowest BCUT2D eigenvalue weighted by Gasteiger charge is -2.02. The molecule has 0 aliphatic rings. The van der Waals surface area contributed by atoms with E-state index in [4.69, 9.17) is 16.0 Å². The number of pyridine rings is 1. The van der Waals surface area contributed by atoms with Gasteiger partial charge in [-0.05, 0) is 36.4 Å². The standard InChI is InChI=1S/C16H10ClFN2O2/c17-12-4-2-1-3-11(12)13-6-7-14(22-13)16(21)20-15-8-5-10(18)9-19-15/h1-9H,(H,19,20,21). The topological polar surface area (TPSA) is 55.1 Å². The average Bonchev–Trinajstić information content (AvgIpc) is 3.00. The highest BCUT2D eigenvalue weighted by Crippen LogP contribution is 2.29. The van der Waals surface area contributed by atoms with E-state index < -0.39 is 11.7 Å². The maximum Gasteiger partial charge on any atom is 0.292 e. The second-order valence-electron chi connectivity index (χ2n) is 4.46. The Morgan fingerprint density at radius 3 is 2.68 bits per heavy atom. The first-order valence-electron chi connectivity index (χ1n) is 6.41. The summed E-state index contributed by atoms with van der Waals surface area (Å²) in [4.78, 5) is 15.8. The number of halogens is 2. The van der Waals surface area contributed by atoms with Gasteiger partial charge in [-0.25, -0.2) is 9.37 Å². The first-order chi connectivity index (χ1) is 10.6. The number of rotatable bonds is 3. The minimum absolute atomic E-state index is 0.112. The van der Waals surface area contributed by atoms with Crippen LogP contribution in [-0.4, -0.2) is 10.9 Å². The fourth-order valence-electron chi connectivity index (χ4n) is 1.89. The lowest BCUT2D eigenvalue weighted by molar-refractivity contribution is 0.0997. The van der Waals surface area contributed by atoms with Gasteiger partial charge in [0.2, 0.25) is 0 Å². The molecule has 0 spiro atoms. The third-order valence-corrected chi connectivity index (χ3v) is 3.27. The third-order valence-electron chi connectivity index (χ3n) is 2.94. The minimum atomic E-state index is -0.475. The zero-order valence-electron chi connectivity index (χ0n) is 11.2. The summed E-state index contributed by atoms with van der Waals surface area (Å²) in [6.07, 6.45) is 1.02. The van der Waals surface area contributed by atoms with Gasteiger partial charge in [-0.2, -0.15) is 0 Å². The number of nitrogens with zero attached hydrogens (tertiary/aromatic N) is 1. The highest BCUT2D eigenvalue weighted by molar-refractivity contribution is 6.33. The zero-order valence-corrected chi connectivity index (χ0v) is 12.0. The molecule has 0 aliphatic heterocycles. The molecule has 0 saturated heterocycles. The quantitative estimate of drug-likeness (QED) is 0.779. The maximum atomic E-state index is 12.8. The lowest BCUT2D eigenvalue weighted by atomic mass is 10.2. The first-order valence-corrected chi connectivity index (χ1v) is 6.79. The monoisotopic (exact) mass is 316 g/mol. The molecule has 2 heterocycles. The molecule has 0 fully saturated rings. The Bertz CT molecular complexity index is 815. The molecule has 0 bridgehead atoms. The molecular formula is C16H10ClFN2O2. The van der Waals surface area contributed by atoms with E-state index in [1.54, 1.807) is 18.2 Å². The van der Waals surface area contributed by atoms with Crippen molar-refractivity contribution in [1.82, 2.24) is 4.98 Å². The molecule has 0 atom stereocenters. The van der Waals surface area contributed by atoms with Crippen molar-refractivity contribution in [2.75, 3.05) is 5.32 Å². The van der Waals surface area contributed by atoms with E-state index in [-0.39, 0.29) is 11.6 Å². The molecule has 0 radical (unpaired) electrons. The van der Waals surface area contributed by atoms with Crippen LogP contribution >= 0.6 is 11.6 Å². The number of aromatic nitrogens is 1. The molecule has 0 aliphatic carbocycles. The Kier molecular flexibility index (Phi) is 3.89. The van der Waals surface area contributed by atoms with E-state index in [9.17, 15) is 9.18 Å². The van der Waals surface area contributed by atoms with Crippen LogP contribution < -0.4 is 5.32 Å². The van der Waals surface area contributed by atoms with Crippen LogP contribution in [-0.2, 0) is 0 Å². The van der Waals surface area contributed by atoms with E-state index in [1.807, 2.05) is 12.1 Å². The molecule has 2 aromatic heterocycles. The Labute approximate surface area is 130 Å². The van der Waals surface area contributed by atoms with Crippen LogP contribution in [0.1, 0.15) is 10.6 Å². The molecule has 1 aromatic carbocycles. The van der Waals surface area contributed by atoms with E-state index in [1.165, 1.54) is 18.2 Å². The van der Waals surface area contributed by atoms with Crippen LogP contribution in [0.3, 0.4) is 0 Å². The van der Waals surface area contributed by atoms with Gasteiger partial charge in [0.15, 0.2) is 5.76 Å². The van der Waals surface area contributed by atoms with Crippen molar-refractivity contribution in [3.8, 4) is 11.3 Å². The normalized spacial score (nSPS) is 10.5. The number of amides is 1. The lowest BCUT2D eigenvalue weighted by Crippen LogP contribution is -2.11. The van der Waals surface area contributed by atoms with Crippen LogP contribution in [0.5, 0.6) is 0 Å². The van der Waals surface area contributed by atoms with Crippen LogP contribution in [0, 0.1) is 5.82 Å². The molecule has 1 amide bonds. The van der Waals surface area contributed by atoms with Gasteiger partial charge in [-0.3, -0.25) is 4.79 Å². The molecule has 3 rings (SSSR count). The highest BCUT2D eigenvalue weighted by Gasteiger charge is 2.14. The van der Waals surface area contributed by atoms with Crippen molar-refractivity contribution < 1.29 is 13.6 Å². The summed E-state index contributed by atoms with van der Waals surface area (Å²) in [6, 6.07) is 12.9. The van der Waals surface area contributed by atoms with Gasteiger partial charge in [-0.15, -0.1) is 0 Å². The summed E-state index contributed by atoms with van der Waals surface area (Å²) < 4.78 is 18.3. The Hall–Kier alpha value is -2.66. The predicted octanol–water partition coefficient (Wildman–Crippen LogP) is 4.39. The summed E-state index contributed by atoms with van der Waals surface area (Å²) in [7, 11) is 0. The molecule has 1 N–H and O–H groups in total. The van der Waals surface area contributed by atoms with Crippen molar-refractivity contribution in [3.63, 3.8) is 0 Å². The number of hydrogen-bond acceptors (Lipinski definition) is 3. The van der Waals surface area contributed by atoms with Crippen molar-refractivity contribution >= 4 is 23.3 Å². The Balaban J connectivity index is 1.80. The highest BCUT2D eigenvalue weighted by atomic mass is 35.5. The summed E-state index contributed by atoms with van der Waals surface area (Å²) in [5, 5.41) is 3.05. The summed E-state index contributed by atoms with van der Waals surface area (Å²) in [6.45, 7) is 0. The number of carbonyl (C=O) groups excluding carboxylic acids is 1. The predicted molar refractivity (Wildman–Crippen MR) is 81.3 cm³/mol. The largest absolute Gasteiger partial charge is 0.451 e. The molecular weight excluding hydrogens is 307 g/mol. The van der Waals surface area contributed by atoms with Crippen LogP contribution in [0.15, 0.2) is 59.1 Å². The van der Waals surface area contributed by atoms with Crippen molar-refractivity contribution in [3.05, 3.63) is 71.3 Å². The van der Waals surface area contributed by atoms with Crippen LogP contribution in [0.25, 0.3) is 11.3 Å². The van der Waals surface area contributed by atoms with Crippen LogP contribution in [0.4, 0.5) is 10.2 Å². The molecule has 3 aromatic rings. The van der Waals surface area contributed by atoms with Gasteiger partial charge >= 0.3 is 0 Å². The second-order valence-corrected chi connectivity index (χ2v) is 4.87. The Morgan fingerprint density at radius 1 is 1.14 bits per heavy atom. The Morgan fingerprint density at radius 2 is 1.95 bits per heavy atom. The van der Waals surface area contributed by atoms with Crippen molar-refractivity contribution in [2.24, 2.45) is 0 Å². The third kappa shape index (κ3) is 2.99. The maximum absolute atomic E-state index is 12.8. The van der Waals surface area contributed by atoms with E-state index in [0.29, 0.717) is 16.3 Å². The van der Waals surface area contributed by atoms with Gasteiger partial charge in [0.1, 0.15) is 17.4 Å². The SMILES string of the molecule is O=C(Nc1ccc(F)cn1)c1ccc(-c2ccccc2Cl)o1. The number of nitrogens with one attached hydrogen (secondary N) is 1. The molecule has 110 valence electrons. The second kappa shape index (κ2) is 5.99. The summed E-state index contributed by atoms with van der Waals surface area (Å²) in [5.74, 6) is -0.111. The van der Waals surface area contributed by atoms with Gasteiger partial charge in [-0.1, -0.05) is 23.7 Å². The van der Waals surface area contributed by atoms with E-state index in [0.717, 1.165) is 6.20 Å². The smallest absolute Gasteiger partial charge is 0.292 e. The van der Waals surface area contributed by atoms with Crippen LogP contribution in [0.2, 0.25) is 5.02 Å². The molecule has 6 heteroatoms. The number of benzene rings is 1. The average molecular weight is 317 g/mol. The summed E-state index contributed by atoms with van der Waals surface area (Å²) >= 11 is 6.09. The van der Waals surface area contributed by atoms with Crippen molar-refractivity contribution in [2.45, 2.75) is 0 Å². The number of furan rings is 1. The number of hydrogen-bond donors (Lipinski definition) is 1. The molecule has 0 unspecified atom stereocenters. The van der Waals surface area contributed by atoms with Gasteiger partial charge in [0.25, 0.3) is 5.91 Å². The van der Waals surface area contributed by atoms with Gasteiger partial charge in [0.05, 0.1) is 11.2 Å². The number of carbonyl (C=O) groups is 1. The van der Waals surface area contributed by atoms with Gasteiger partial charge in [0, 0.05) is 5.56 Å². The molecule has 4 nitrogen and oxygen atoms in total. The number of anilines is 1. The van der Waals surface area contributed by atoms with Crippen molar-refractivity contribution in [1.29, 1.82) is 0 Å². The van der Waals surface area contributed by atoms with Gasteiger partial charge < -0.3 is 9.73 Å². The molecule has 22 heavy (non-hydrogen) atoms. The summed E-state index contributed by atoms with van der Waals surface area (Å²) in [5.41, 5.74) is 0.697. The zero-order chi connectivity index (χ0) is 15.5. The van der Waals surface area contributed by atoms with E-state index >= 15 is 0 Å². The first kappa shape index (κ1) is 14.3. The fraction of sp³-hybridized carbons (Fsp3) is 0.